The Bertz CT molecular complexity index is 995. The number of halogens is 3. The number of H-pyrrole nitrogens is 1. The lowest BCUT2D eigenvalue weighted by molar-refractivity contribution is -0.192. The zero-order chi connectivity index (χ0) is 24.5. The highest BCUT2D eigenvalue weighted by atomic mass is 19.4. The van der Waals surface area contributed by atoms with Crippen LogP contribution in [0, 0.1) is 11.8 Å². The van der Waals surface area contributed by atoms with Crippen LogP contribution in [0.5, 0.6) is 0 Å². The van der Waals surface area contributed by atoms with E-state index in [0.717, 1.165) is 56.1 Å². The molecule has 2 N–H and O–H groups in total. The number of para-hydroxylation sites is 1. The number of fused-ring (bicyclic) bond motifs is 1. The molecule has 10 heteroatoms. The number of nitrogens with one attached hydrogen (secondary N) is 1. The molecule has 1 unspecified atom stereocenters. The Labute approximate surface area is 195 Å². The summed E-state index contributed by atoms with van der Waals surface area (Å²) in [5.74, 6) is -1.17. The van der Waals surface area contributed by atoms with Crippen molar-refractivity contribution in [3.05, 3.63) is 36.0 Å². The van der Waals surface area contributed by atoms with Crippen molar-refractivity contribution in [1.29, 1.82) is 0 Å². The smallest absolute Gasteiger partial charge is 0.475 e. The van der Waals surface area contributed by atoms with Crippen molar-refractivity contribution in [2.75, 3.05) is 39.9 Å². The number of carbonyl (C=O) groups excluding carboxylic acids is 1. The summed E-state index contributed by atoms with van der Waals surface area (Å²) < 4.78 is 37.7. The molecule has 1 spiro atoms. The molecule has 186 valence electrons. The van der Waals surface area contributed by atoms with Crippen molar-refractivity contribution in [3.8, 4) is 0 Å². The van der Waals surface area contributed by atoms with E-state index in [2.05, 4.69) is 16.9 Å². The highest BCUT2D eigenvalue weighted by Gasteiger charge is 2.51. The van der Waals surface area contributed by atoms with E-state index in [1.807, 2.05) is 35.2 Å². The predicted molar refractivity (Wildman–Crippen MR) is 120 cm³/mol. The first-order valence-electron chi connectivity index (χ1n) is 11.5. The summed E-state index contributed by atoms with van der Waals surface area (Å²) in [7, 11) is 2.21. The van der Waals surface area contributed by atoms with Crippen molar-refractivity contribution in [1.82, 2.24) is 14.8 Å². The van der Waals surface area contributed by atoms with Crippen LogP contribution in [0.4, 0.5) is 13.2 Å². The monoisotopic (exact) mass is 481 g/mol. The van der Waals surface area contributed by atoms with E-state index in [1.54, 1.807) is 0 Å². The summed E-state index contributed by atoms with van der Waals surface area (Å²) in [6.45, 7) is 4.60. The lowest BCUT2D eigenvalue weighted by Crippen LogP contribution is -2.72. The SMILES string of the molecule is CN1CCC(COCC2CC2)CC12CN(C(=O)c1cc3ccccc3[nH]1)C2.O=C(O)C(F)(F)F. The average Bonchev–Trinajstić information content (AvgIpc) is 3.48. The first-order valence-corrected chi connectivity index (χ1v) is 11.5. The molecule has 2 aliphatic heterocycles. The Morgan fingerprint density at radius 2 is 1.79 bits per heavy atom. The zero-order valence-corrected chi connectivity index (χ0v) is 19.1. The standard InChI is InChI=1S/C22H29N3O2.C2HF3O2/c1-24-9-8-17(13-27-12-16-6-7-16)11-22(24)14-25(15-22)21(26)20-10-18-4-2-3-5-19(18)23-20;3-2(4,5)1(6)7/h2-5,10,16-17,23H,6-9,11-15H2,1H3;(H,6,7). The van der Waals surface area contributed by atoms with Crippen LogP contribution in [0.25, 0.3) is 10.9 Å². The topological polar surface area (TPSA) is 85.9 Å². The number of likely N-dealkylation sites (tertiary alicyclic amines) is 2. The molecule has 5 rings (SSSR count). The van der Waals surface area contributed by atoms with Gasteiger partial charge in [0.2, 0.25) is 0 Å². The van der Waals surface area contributed by atoms with Crippen LogP contribution in [0.1, 0.15) is 36.2 Å². The van der Waals surface area contributed by atoms with Crippen LogP contribution in [-0.4, -0.2) is 83.4 Å². The summed E-state index contributed by atoms with van der Waals surface area (Å²) >= 11 is 0. The van der Waals surface area contributed by atoms with E-state index in [-0.39, 0.29) is 11.4 Å². The third-order valence-electron chi connectivity index (χ3n) is 7.02. The molecule has 1 aromatic carbocycles. The highest BCUT2D eigenvalue weighted by molar-refractivity contribution is 5.98. The molecule has 2 aromatic rings. The number of aromatic nitrogens is 1. The number of aliphatic carboxylic acids is 1. The van der Waals surface area contributed by atoms with Crippen LogP contribution < -0.4 is 0 Å². The summed E-state index contributed by atoms with van der Waals surface area (Å²) in [6.07, 6.45) is -0.0339. The number of likely N-dealkylation sites (N-methyl/N-ethyl adjacent to an activating group) is 1. The maximum atomic E-state index is 12.9. The van der Waals surface area contributed by atoms with Gasteiger partial charge in [0.15, 0.2) is 0 Å². The Kier molecular flexibility index (Phi) is 6.91. The number of carboxylic acid groups (broad SMARTS) is 1. The molecule has 34 heavy (non-hydrogen) atoms. The van der Waals surface area contributed by atoms with E-state index in [0.29, 0.717) is 11.6 Å². The lowest BCUT2D eigenvalue weighted by Gasteiger charge is -2.58. The number of ether oxygens (including phenoxy) is 1. The number of nitrogens with zero attached hydrogens (tertiary/aromatic N) is 2. The number of rotatable bonds is 5. The first kappa shape index (κ1) is 24.5. The number of aromatic amines is 1. The van der Waals surface area contributed by atoms with Crippen molar-refractivity contribution >= 4 is 22.8 Å². The van der Waals surface area contributed by atoms with E-state index >= 15 is 0 Å². The van der Waals surface area contributed by atoms with Gasteiger partial charge >= 0.3 is 12.1 Å². The third-order valence-corrected chi connectivity index (χ3v) is 7.02. The lowest BCUT2D eigenvalue weighted by atomic mass is 9.75. The molecule has 1 saturated carbocycles. The Morgan fingerprint density at radius 1 is 1.15 bits per heavy atom. The van der Waals surface area contributed by atoms with Gasteiger partial charge in [0.1, 0.15) is 5.69 Å². The second-order valence-electron chi connectivity index (χ2n) is 9.72. The van der Waals surface area contributed by atoms with Crippen molar-refractivity contribution < 1.29 is 32.6 Å². The third kappa shape index (κ3) is 5.55. The van der Waals surface area contributed by atoms with Gasteiger partial charge in [-0.1, -0.05) is 18.2 Å². The first-order chi connectivity index (χ1) is 16.1. The summed E-state index contributed by atoms with van der Waals surface area (Å²) in [5, 5.41) is 8.22. The quantitative estimate of drug-likeness (QED) is 0.679. The minimum Gasteiger partial charge on any atom is -0.475 e. The summed E-state index contributed by atoms with van der Waals surface area (Å²) in [5.41, 5.74) is 1.88. The van der Waals surface area contributed by atoms with Gasteiger partial charge < -0.3 is 19.7 Å². The number of carbonyl (C=O) groups is 2. The van der Waals surface area contributed by atoms with Gasteiger partial charge in [-0.3, -0.25) is 9.69 Å². The number of amides is 1. The molecule has 0 bridgehead atoms. The maximum absolute atomic E-state index is 12.9. The summed E-state index contributed by atoms with van der Waals surface area (Å²) in [6, 6.07) is 10.0. The molecule has 1 atom stereocenters. The van der Waals surface area contributed by atoms with Crippen LogP contribution in [0.3, 0.4) is 0 Å². The molecule has 1 aliphatic carbocycles. The molecule has 0 radical (unpaired) electrons. The van der Waals surface area contributed by atoms with Gasteiger partial charge in [-0.05, 0) is 63.2 Å². The highest BCUT2D eigenvalue weighted by Crippen LogP contribution is 2.39. The minimum atomic E-state index is -5.08. The Morgan fingerprint density at radius 3 is 2.41 bits per heavy atom. The summed E-state index contributed by atoms with van der Waals surface area (Å²) in [4.78, 5) is 29.6. The fourth-order valence-corrected chi connectivity index (χ4v) is 4.77. The fourth-order valence-electron chi connectivity index (χ4n) is 4.77. The number of hydrogen-bond acceptors (Lipinski definition) is 4. The largest absolute Gasteiger partial charge is 0.490 e. The average molecular weight is 482 g/mol. The Balaban J connectivity index is 0.000000344. The van der Waals surface area contributed by atoms with Crippen LogP contribution in [0.15, 0.2) is 30.3 Å². The molecule has 3 fully saturated rings. The van der Waals surface area contributed by atoms with Gasteiger partial charge in [0.25, 0.3) is 5.91 Å². The molecule has 7 nitrogen and oxygen atoms in total. The second-order valence-corrected chi connectivity index (χ2v) is 9.72. The molecular weight excluding hydrogens is 451 g/mol. The maximum Gasteiger partial charge on any atom is 0.490 e. The van der Waals surface area contributed by atoms with E-state index < -0.39 is 12.1 Å². The fraction of sp³-hybridized carbons (Fsp3) is 0.583. The van der Waals surface area contributed by atoms with Crippen molar-refractivity contribution in [2.24, 2.45) is 11.8 Å². The molecule has 3 aliphatic rings. The number of piperidine rings is 1. The van der Waals surface area contributed by atoms with Gasteiger partial charge in [-0.2, -0.15) is 13.2 Å². The molecule has 1 amide bonds. The van der Waals surface area contributed by atoms with Gasteiger partial charge in [-0.25, -0.2) is 4.79 Å². The molecular formula is C24H30F3N3O4. The number of carboxylic acids is 1. The van der Waals surface area contributed by atoms with Crippen LogP contribution >= 0.6 is 0 Å². The van der Waals surface area contributed by atoms with Gasteiger partial charge in [0.05, 0.1) is 5.54 Å². The van der Waals surface area contributed by atoms with E-state index in [4.69, 9.17) is 14.6 Å². The Hall–Kier alpha value is -2.59. The van der Waals surface area contributed by atoms with Crippen LogP contribution in [0.2, 0.25) is 0 Å². The molecule has 3 heterocycles. The normalized spacial score (nSPS) is 22.2. The van der Waals surface area contributed by atoms with Crippen molar-refractivity contribution in [3.63, 3.8) is 0 Å². The van der Waals surface area contributed by atoms with E-state index in [1.165, 1.54) is 19.3 Å². The molecule has 1 aromatic heterocycles. The van der Waals surface area contributed by atoms with Crippen molar-refractivity contribution in [2.45, 2.75) is 37.4 Å². The number of alkyl halides is 3. The number of hydrogen-bond donors (Lipinski definition) is 2. The minimum absolute atomic E-state index is 0.123. The van der Waals surface area contributed by atoms with Crippen LogP contribution in [-0.2, 0) is 9.53 Å². The predicted octanol–water partition coefficient (Wildman–Crippen LogP) is 3.76. The second kappa shape index (κ2) is 9.58. The zero-order valence-electron chi connectivity index (χ0n) is 19.1. The molecule has 2 saturated heterocycles. The van der Waals surface area contributed by atoms with E-state index in [9.17, 15) is 18.0 Å². The van der Waals surface area contributed by atoms with Gasteiger partial charge in [0, 0.05) is 37.2 Å². The van der Waals surface area contributed by atoms with Gasteiger partial charge in [-0.15, -0.1) is 0 Å². The number of benzene rings is 1.